The number of likely N-dealkylation sites (N-methyl/N-ethyl adjacent to an activating group) is 1. The van der Waals surface area contributed by atoms with Gasteiger partial charge in [0.25, 0.3) is 0 Å². The van der Waals surface area contributed by atoms with E-state index in [1.54, 1.807) is 12.0 Å². The first-order valence-corrected chi connectivity index (χ1v) is 12.2. The van der Waals surface area contributed by atoms with Gasteiger partial charge in [-0.3, -0.25) is 14.8 Å². The molecule has 3 aromatic rings. The summed E-state index contributed by atoms with van der Waals surface area (Å²) in [4.78, 5) is 28.1. The molecule has 36 heavy (non-hydrogen) atoms. The molecule has 2 atom stereocenters. The van der Waals surface area contributed by atoms with Gasteiger partial charge >= 0.3 is 6.09 Å². The SMILES string of the molecule is COc1ccc2nccc(N3CC[C@H](N(C)C[C@@H]4CN(c5ccc6c(c5)OCCO6)C(=O)O4)C3)c2n1. The Morgan fingerprint density at radius 2 is 1.97 bits per heavy atom. The van der Waals surface area contributed by atoms with Gasteiger partial charge in [-0.1, -0.05) is 0 Å². The first kappa shape index (κ1) is 22.7. The normalized spacial score (nSPS) is 21.4. The van der Waals surface area contributed by atoms with E-state index in [1.165, 1.54) is 0 Å². The summed E-state index contributed by atoms with van der Waals surface area (Å²) in [5.41, 5.74) is 3.52. The number of benzene rings is 1. The summed E-state index contributed by atoms with van der Waals surface area (Å²) >= 11 is 0. The highest BCUT2D eigenvalue weighted by molar-refractivity contribution is 5.90. The highest BCUT2D eigenvalue weighted by Gasteiger charge is 2.36. The van der Waals surface area contributed by atoms with Crippen molar-refractivity contribution in [2.24, 2.45) is 0 Å². The highest BCUT2D eigenvalue weighted by atomic mass is 16.6. The number of hydrogen-bond acceptors (Lipinski definition) is 9. The number of methoxy groups -OCH3 is 1. The van der Waals surface area contributed by atoms with Crippen molar-refractivity contribution in [3.8, 4) is 17.4 Å². The standard InChI is InChI=1S/C26H29N5O5/c1-29(15-19-16-31(26(32)36-19)17-3-5-22-23(13-17)35-12-11-34-22)18-8-10-30(14-18)21-7-9-27-20-4-6-24(33-2)28-25(20)21/h3-7,9,13,18-19H,8,10-12,14-16H2,1-2H3/t18-,19+/m0/s1. The van der Waals surface area contributed by atoms with E-state index in [1.807, 2.05) is 42.6 Å². The molecule has 0 spiro atoms. The number of ether oxygens (including phenoxy) is 4. The summed E-state index contributed by atoms with van der Waals surface area (Å²) < 4.78 is 22.3. The molecule has 0 bridgehead atoms. The Balaban J connectivity index is 1.10. The highest BCUT2D eigenvalue weighted by Crippen LogP contribution is 2.35. The fraction of sp³-hybridized carbons (Fsp3) is 0.423. The van der Waals surface area contributed by atoms with Crippen LogP contribution in [0.1, 0.15) is 6.42 Å². The van der Waals surface area contributed by atoms with Crippen LogP contribution in [0.25, 0.3) is 11.0 Å². The quantitative estimate of drug-likeness (QED) is 0.516. The smallest absolute Gasteiger partial charge is 0.414 e. The lowest BCUT2D eigenvalue weighted by molar-refractivity contribution is 0.106. The van der Waals surface area contributed by atoms with Crippen LogP contribution < -0.4 is 24.0 Å². The van der Waals surface area contributed by atoms with E-state index in [4.69, 9.17) is 18.9 Å². The molecule has 3 aliphatic heterocycles. The Bertz CT molecular complexity index is 1290. The van der Waals surface area contributed by atoms with Gasteiger partial charge in [-0.05, 0) is 37.7 Å². The number of pyridine rings is 2. The fourth-order valence-electron chi connectivity index (χ4n) is 5.18. The molecule has 10 heteroatoms. The molecule has 5 heterocycles. The molecule has 188 valence electrons. The summed E-state index contributed by atoms with van der Waals surface area (Å²) in [7, 11) is 3.72. The topological polar surface area (TPSA) is 89.5 Å². The zero-order valence-electron chi connectivity index (χ0n) is 20.4. The van der Waals surface area contributed by atoms with Crippen LogP contribution in [0.3, 0.4) is 0 Å². The maximum absolute atomic E-state index is 12.7. The summed E-state index contributed by atoms with van der Waals surface area (Å²) in [6, 6.07) is 11.7. The summed E-state index contributed by atoms with van der Waals surface area (Å²) in [6.45, 7) is 3.98. The number of nitrogens with zero attached hydrogens (tertiary/aromatic N) is 5. The number of anilines is 2. The Morgan fingerprint density at radius 1 is 1.11 bits per heavy atom. The van der Waals surface area contributed by atoms with Crippen molar-refractivity contribution in [1.82, 2.24) is 14.9 Å². The van der Waals surface area contributed by atoms with Crippen LogP contribution in [0.15, 0.2) is 42.6 Å². The number of amides is 1. The van der Waals surface area contributed by atoms with Crippen LogP contribution >= 0.6 is 0 Å². The first-order valence-electron chi connectivity index (χ1n) is 12.2. The third-order valence-corrected chi connectivity index (χ3v) is 7.08. The molecule has 1 aromatic carbocycles. The number of carbonyl (C=O) groups is 1. The van der Waals surface area contributed by atoms with Crippen molar-refractivity contribution in [3.63, 3.8) is 0 Å². The van der Waals surface area contributed by atoms with Crippen LogP contribution in [-0.2, 0) is 4.74 Å². The second kappa shape index (κ2) is 9.34. The van der Waals surface area contributed by atoms with Gasteiger partial charge in [-0.15, -0.1) is 0 Å². The molecule has 6 rings (SSSR count). The number of cyclic esters (lactones) is 1. The van der Waals surface area contributed by atoms with E-state index in [2.05, 4.69) is 26.8 Å². The Hall–Kier alpha value is -3.79. The van der Waals surface area contributed by atoms with Crippen molar-refractivity contribution >= 4 is 28.5 Å². The lowest BCUT2D eigenvalue weighted by Gasteiger charge is -2.27. The van der Waals surface area contributed by atoms with Crippen LogP contribution in [0.5, 0.6) is 17.4 Å². The van der Waals surface area contributed by atoms with Crippen LogP contribution in [0.2, 0.25) is 0 Å². The molecular formula is C26H29N5O5. The average molecular weight is 492 g/mol. The third-order valence-electron chi connectivity index (χ3n) is 7.08. The molecule has 0 unspecified atom stereocenters. The predicted octanol–water partition coefficient (Wildman–Crippen LogP) is 2.95. The predicted molar refractivity (Wildman–Crippen MR) is 134 cm³/mol. The van der Waals surface area contributed by atoms with Gasteiger partial charge in [0.15, 0.2) is 11.5 Å². The second-order valence-corrected chi connectivity index (χ2v) is 9.32. The molecule has 0 aliphatic carbocycles. The van der Waals surface area contributed by atoms with Gasteiger partial charge in [-0.2, -0.15) is 0 Å². The van der Waals surface area contributed by atoms with E-state index < -0.39 is 0 Å². The van der Waals surface area contributed by atoms with E-state index in [0.29, 0.717) is 49.7 Å². The zero-order chi connectivity index (χ0) is 24.6. The molecule has 10 nitrogen and oxygen atoms in total. The molecule has 2 saturated heterocycles. The number of hydrogen-bond donors (Lipinski definition) is 0. The number of fused-ring (bicyclic) bond motifs is 2. The fourth-order valence-corrected chi connectivity index (χ4v) is 5.18. The Kier molecular flexibility index (Phi) is 5.88. The van der Waals surface area contributed by atoms with E-state index in [-0.39, 0.29) is 12.2 Å². The lowest BCUT2D eigenvalue weighted by Crippen LogP contribution is -2.40. The zero-order valence-corrected chi connectivity index (χ0v) is 20.4. The monoisotopic (exact) mass is 491 g/mol. The van der Waals surface area contributed by atoms with Crippen molar-refractivity contribution in [1.29, 1.82) is 0 Å². The maximum Gasteiger partial charge on any atom is 0.414 e. The molecule has 2 fully saturated rings. The minimum Gasteiger partial charge on any atom is -0.486 e. The lowest BCUT2D eigenvalue weighted by atomic mass is 10.2. The largest absolute Gasteiger partial charge is 0.486 e. The van der Waals surface area contributed by atoms with Crippen molar-refractivity contribution in [3.05, 3.63) is 42.6 Å². The minimum atomic E-state index is -0.332. The number of aromatic nitrogens is 2. The van der Waals surface area contributed by atoms with Gasteiger partial charge in [0.2, 0.25) is 5.88 Å². The van der Waals surface area contributed by atoms with Gasteiger partial charge in [0.05, 0.1) is 30.5 Å². The third kappa shape index (κ3) is 4.21. The summed E-state index contributed by atoms with van der Waals surface area (Å²) in [5, 5.41) is 0. The molecule has 3 aliphatic rings. The van der Waals surface area contributed by atoms with E-state index in [9.17, 15) is 4.79 Å². The van der Waals surface area contributed by atoms with Crippen molar-refractivity contribution < 1.29 is 23.7 Å². The Morgan fingerprint density at radius 3 is 2.83 bits per heavy atom. The molecule has 2 aromatic heterocycles. The molecule has 0 radical (unpaired) electrons. The average Bonchev–Trinajstić information content (AvgIpc) is 3.54. The van der Waals surface area contributed by atoms with Gasteiger partial charge in [0, 0.05) is 44.0 Å². The molecule has 0 N–H and O–H groups in total. The number of rotatable bonds is 6. The van der Waals surface area contributed by atoms with E-state index in [0.717, 1.165) is 41.9 Å². The van der Waals surface area contributed by atoms with Crippen LogP contribution in [0, 0.1) is 0 Å². The summed E-state index contributed by atoms with van der Waals surface area (Å²) in [5.74, 6) is 1.94. The molecule has 1 amide bonds. The Labute approximate surface area is 209 Å². The summed E-state index contributed by atoms with van der Waals surface area (Å²) in [6.07, 6.45) is 2.29. The van der Waals surface area contributed by atoms with Crippen molar-refractivity contribution in [2.45, 2.75) is 18.6 Å². The van der Waals surface area contributed by atoms with Gasteiger partial charge in [-0.25, -0.2) is 9.78 Å². The second-order valence-electron chi connectivity index (χ2n) is 9.32. The van der Waals surface area contributed by atoms with Crippen molar-refractivity contribution in [2.75, 3.05) is 63.4 Å². The minimum absolute atomic E-state index is 0.211. The molecule has 0 saturated carbocycles. The van der Waals surface area contributed by atoms with Gasteiger partial charge in [0.1, 0.15) is 24.8 Å². The van der Waals surface area contributed by atoms with Gasteiger partial charge < -0.3 is 23.8 Å². The first-order chi connectivity index (χ1) is 17.6. The van der Waals surface area contributed by atoms with Crippen LogP contribution in [0.4, 0.5) is 16.2 Å². The maximum atomic E-state index is 12.7. The molecular weight excluding hydrogens is 462 g/mol. The van der Waals surface area contributed by atoms with E-state index >= 15 is 0 Å². The van der Waals surface area contributed by atoms with Crippen LogP contribution in [-0.4, -0.2) is 86.7 Å². The number of carbonyl (C=O) groups excluding carboxylic acids is 1.